The second-order valence-electron chi connectivity index (χ2n) is 16.2. The van der Waals surface area contributed by atoms with E-state index in [1.54, 1.807) is 86.0 Å². The lowest BCUT2D eigenvalue weighted by Gasteiger charge is -2.28. The monoisotopic (exact) mass is 912 g/mol. The number of para-hydroxylation sites is 1. The van der Waals surface area contributed by atoms with E-state index in [-0.39, 0.29) is 59.9 Å². The van der Waals surface area contributed by atoms with Gasteiger partial charge in [0.25, 0.3) is 0 Å². The second-order valence-corrected chi connectivity index (χ2v) is 20.1. The van der Waals surface area contributed by atoms with Crippen LogP contribution in [0.2, 0.25) is 0 Å². The number of methoxy groups -OCH3 is 3. The van der Waals surface area contributed by atoms with E-state index >= 15 is 16.8 Å². The molecule has 0 aliphatic heterocycles. The van der Waals surface area contributed by atoms with Gasteiger partial charge in [-0.1, -0.05) is 75.4 Å². The zero-order valence-electron chi connectivity index (χ0n) is 36.4. The number of carbonyl (C=O) groups is 1. The predicted molar refractivity (Wildman–Crippen MR) is 243 cm³/mol. The van der Waals surface area contributed by atoms with Crippen LogP contribution >= 0.6 is 0 Å². The van der Waals surface area contributed by atoms with E-state index < -0.39 is 53.0 Å². The number of primary amides is 1. The van der Waals surface area contributed by atoms with Gasteiger partial charge in [0.15, 0.2) is 9.84 Å². The van der Waals surface area contributed by atoms with Crippen molar-refractivity contribution in [3.8, 4) is 39.8 Å². The highest BCUT2D eigenvalue weighted by molar-refractivity contribution is 7.93. The Morgan fingerprint density at radius 1 is 0.734 bits per heavy atom. The number of tetrazole rings is 1. The Balaban J connectivity index is 1.66. The Morgan fingerprint density at radius 3 is 1.77 bits per heavy atom. The molecule has 0 bridgehead atoms. The molecule has 0 saturated carbocycles. The lowest BCUT2D eigenvalue weighted by Crippen LogP contribution is -2.35. The van der Waals surface area contributed by atoms with Gasteiger partial charge in [-0.25, -0.2) is 21.6 Å². The summed E-state index contributed by atoms with van der Waals surface area (Å²) >= 11 is 0. The van der Waals surface area contributed by atoms with Crippen LogP contribution in [-0.2, 0) is 44.2 Å². The summed E-state index contributed by atoms with van der Waals surface area (Å²) in [6, 6.07) is 28.2. The molecular weight excluding hydrogens is 861 g/mol. The van der Waals surface area contributed by atoms with Crippen LogP contribution in [0.4, 0.5) is 16.2 Å². The topological polar surface area (TPSA) is 247 Å². The molecule has 64 heavy (non-hydrogen) atoms. The molecule has 19 heteroatoms. The average Bonchev–Trinajstić information content (AvgIpc) is 3.71. The van der Waals surface area contributed by atoms with Crippen molar-refractivity contribution >= 4 is 37.3 Å². The Morgan fingerprint density at radius 2 is 1.27 bits per heavy atom. The lowest BCUT2D eigenvalue weighted by atomic mass is 9.90. The van der Waals surface area contributed by atoms with Crippen LogP contribution in [0.1, 0.15) is 43.9 Å². The van der Waals surface area contributed by atoms with Crippen molar-refractivity contribution in [1.29, 1.82) is 0 Å². The molecule has 1 atom stereocenters. The smallest absolute Gasteiger partial charge is 0.404 e. The number of carbonyl (C=O) groups excluding carboxylic acids is 1. The van der Waals surface area contributed by atoms with Crippen LogP contribution in [0.15, 0.2) is 113 Å². The highest BCUT2D eigenvalue weighted by atomic mass is 32.2. The van der Waals surface area contributed by atoms with Crippen LogP contribution in [0.5, 0.6) is 17.2 Å². The molecule has 0 spiro atoms. The number of hydrogen-bond donors (Lipinski definition) is 3. The molecule has 1 amide bonds. The molecule has 0 saturated heterocycles. The summed E-state index contributed by atoms with van der Waals surface area (Å²) < 4.78 is 84.6. The Kier molecular flexibility index (Phi) is 14.2. The van der Waals surface area contributed by atoms with Gasteiger partial charge in [0.2, 0.25) is 15.8 Å². The summed E-state index contributed by atoms with van der Waals surface area (Å²) in [5.41, 5.74) is 20.2. The highest BCUT2D eigenvalue weighted by Crippen LogP contribution is 2.44. The SMILES string of the molecule is COc1ccc(CN(Cc2ccc(OC)cc2)S(=O)(=O)c2c(S(=O)(=O)C[C@@H](CC(C)(C)C)OC(N)=O)ccc(-c3cccc(N)c3N)c2-c2nnn(Cc3ccc(OC)cc3)n2)cc1. The van der Waals surface area contributed by atoms with E-state index in [1.807, 2.05) is 32.9 Å². The van der Waals surface area contributed by atoms with Crippen LogP contribution in [0.25, 0.3) is 22.5 Å². The number of hydrogen-bond acceptors (Lipinski definition) is 14. The molecule has 1 heterocycles. The number of ether oxygens (including phenoxy) is 4. The first-order chi connectivity index (χ1) is 30.3. The van der Waals surface area contributed by atoms with Crippen molar-refractivity contribution in [2.75, 3.05) is 38.5 Å². The summed E-state index contributed by atoms with van der Waals surface area (Å²) in [4.78, 5) is 12.1. The van der Waals surface area contributed by atoms with Gasteiger partial charge in [0.05, 0.1) is 55.5 Å². The van der Waals surface area contributed by atoms with Crippen molar-refractivity contribution in [1.82, 2.24) is 24.5 Å². The molecular formula is C45H52N8O9S2. The number of aromatic nitrogens is 4. The number of sulfonamides is 1. The zero-order valence-corrected chi connectivity index (χ0v) is 38.0. The number of nitrogen functional groups attached to an aromatic ring is 2. The second kappa shape index (κ2) is 19.4. The van der Waals surface area contributed by atoms with Crippen molar-refractivity contribution < 1.29 is 40.6 Å². The van der Waals surface area contributed by atoms with Crippen molar-refractivity contribution in [3.05, 3.63) is 120 Å². The maximum absolute atomic E-state index is 16.0. The average molecular weight is 913 g/mol. The van der Waals surface area contributed by atoms with E-state index in [1.165, 1.54) is 31.1 Å². The van der Waals surface area contributed by atoms with Crippen LogP contribution < -0.4 is 31.4 Å². The fourth-order valence-corrected chi connectivity index (χ4v) is 11.1. The van der Waals surface area contributed by atoms with Crippen molar-refractivity contribution in [3.63, 3.8) is 0 Å². The van der Waals surface area contributed by atoms with E-state index in [0.717, 1.165) is 9.87 Å². The van der Waals surface area contributed by atoms with E-state index in [4.69, 9.17) is 36.1 Å². The molecule has 6 N–H and O–H groups in total. The molecule has 0 fully saturated rings. The maximum Gasteiger partial charge on any atom is 0.404 e. The van der Waals surface area contributed by atoms with Crippen molar-refractivity contribution in [2.24, 2.45) is 11.1 Å². The van der Waals surface area contributed by atoms with Gasteiger partial charge in [-0.05, 0) is 87.8 Å². The third kappa shape index (κ3) is 11.1. The minimum absolute atomic E-state index is 0.0737. The summed E-state index contributed by atoms with van der Waals surface area (Å²) in [5, 5.41) is 13.3. The molecule has 0 aliphatic carbocycles. The Bertz CT molecular complexity index is 2760. The number of nitrogens with two attached hydrogens (primary N) is 3. The first-order valence-electron chi connectivity index (χ1n) is 20.0. The molecule has 6 aromatic rings. The number of sulfone groups is 1. The zero-order chi connectivity index (χ0) is 46.4. The van der Waals surface area contributed by atoms with Gasteiger partial charge in [-0.3, -0.25) is 0 Å². The van der Waals surface area contributed by atoms with Crippen molar-refractivity contribution in [2.45, 2.75) is 62.7 Å². The first-order valence-corrected chi connectivity index (χ1v) is 23.1. The van der Waals surface area contributed by atoms with Crippen LogP contribution in [0, 0.1) is 5.41 Å². The summed E-state index contributed by atoms with van der Waals surface area (Å²) in [6.07, 6.45) is -2.37. The molecule has 17 nitrogen and oxygen atoms in total. The largest absolute Gasteiger partial charge is 0.497 e. The number of nitrogens with zero attached hydrogens (tertiary/aromatic N) is 5. The Labute approximate surface area is 373 Å². The fourth-order valence-electron chi connectivity index (χ4n) is 7.17. The van der Waals surface area contributed by atoms with Gasteiger partial charge < -0.3 is 36.1 Å². The van der Waals surface area contributed by atoms with Gasteiger partial charge >= 0.3 is 6.09 Å². The van der Waals surface area contributed by atoms with E-state index in [2.05, 4.69) is 15.4 Å². The number of rotatable bonds is 18. The normalized spacial score (nSPS) is 12.5. The predicted octanol–water partition coefficient (Wildman–Crippen LogP) is 6.31. The minimum atomic E-state index is -4.97. The third-order valence-corrected chi connectivity index (χ3v) is 14.0. The highest BCUT2D eigenvalue weighted by Gasteiger charge is 2.39. The molecule has 0 aliphatic rings. The fraction of sp³-hybridized carbons (Fsp3) is 0.289. The molecule has 338 valence electrons. The number of amides is 1. The quantitative estimate of drug-likeness (QED) is 0.0800. The van der Waals surface area contributed by atoms with E-state index in [9.17, 15) is 4.79 Å². The minimum Gasteiger partial charge on any atom is -0.497 e. The third-order valence-electron chi connectivity index (χ3n) is 10.2. The summed E-state index contributed by atoms with van der Waals surface area (Å²) in [5.74, 6) is 0.678. The van der Waals surface area contributed by atoms with Gasteiger partial charge in [-0.2, -0.15) is 9.10 Å². The summed E-state index contributed by atoms with van der Waals surface area (Å²) in [6.45, 7) is 5.17. The van der Waals surface area contributed by atoms with E-state index in [0.29, 0.717) is 28.4 Å². The van der Waals surface area contributed by atoms with Gasteiger partial charge in [0, 0.05) is 18.7 Å². The Hall–Kier alpha value is -6.70. The number of benzene rings is 5. The van der Waals surface area contributed by atoms with Gasteiger partial charge in [0.1, 0.15) is 28.2 Å². The van der Waals surface area contributed by atoms with Gasteiger partial charge in [-0.15, -0.1) is 10.2 Å². The molecule has 1 aromatic heterocycles. The maximum atomic E-state index is 16.0. The lowest BCUT2D eigenvalue weighted by molar-refractivity contribution is 0.0917. The molecule has 5 aromatic carbocycles. The summed E-state index contributed by atoms with van der Waals surface area (Å²) in [7, 11) is -5.10. The molecule has 0 unspecified atom stereocenters. The number of anilines is 2. The van der Waals surface area contributed by atoms with Crippen LogP contribution in [-0.4, -0.2) is 80.6 Å². The standard InChI is InChI=1S/C45H52N8O9S2/c1-45(2,3)24-35(62-44(48)54)28-63(55,56)39-23-22-36(37-8-7-9-38(46)41(37)47)40(43-49-51-53(50-43)27-31-14-20-34(61-6)21-15-31)42(39)64(57,58)52(25-29-10-16-32(59-4)17-11-29)26-30-12-18-33(60-5)19-13-30/h7-23,35H,24-28,46-47H2,1-6H3,(H2,48,54)/t35-/m1/s1. The van der Waals surface area contributed by atoms with Crippen LogP contribution in [0.3, 0.4) is 0 Å². The first kappa shape index (κ1) is 46.8. The molecule has 6 rings (SSSR count). The molecule has 0 radical (unpaired) electrons.